The van der Waals surface area contributed by atoms with Crippen LogP contribution in [0.3, 0.4) is 0 Å². The van der Waals surface area contributed by atoms with Gasteiger partial charge in [0.25, 0.3) is 11.8 Å². The number of hydrogen-bond acceptors (Lipinski definition) is 4. The number of rotatable bonds is 4. The largest absolute Gasteiger partial charge is 0.481 e. The lowest BCUT2D eigenvalue weighted by Crippen LogP contribution is -2.29. The molecule has 1 aliphatic rings. The second-order valence-electron chi connectivity index (χ2n) is 5.25. The summed E-state index contributed by atoms with van der Waals surface area (Å²) in [7, 11) is 0. The van der Waals surface area contributed by atoms with Crippen LogP contribution in [0.15, 0.2) is 42.5 Å². The Kier molecular flexibility index (Phi) is 3.61. The van der Waals surface area contributed by atoms with E-state index in [0.29, 0.717) is 11.3 Å². The third kappa shape index (κ3) is 2.52. The number of hydrogen-bond donors (Lipinski definition) is 2. The normalized spacial score (nSPS) is 13.1. The molecule has 0 radical (unpaired) electrons. The molecule has 0 spiro atoms. The molecule has 24 heavy (non-hydrogen) atoms. The fourth-order valence-electron chi connectivity index (χ4n) is 2.55. The van der Waals surface area contributed by atoms with Crippen molar-refractivity contribution in [2.75, 3.05) is 4.90 Å². The first-order valence-corrected chi connectivity index (χ1v) is 6.95. The summed E-state index contributed by atoms with van der Waals surface area (Å²) in [6, 6.07) is 9.78. The highest BCUT2D eigenvalue weighted by molar-refractivity contribution is 6.34. The zero-order chi connectivity index (χ0) is 17.4. The first-order valence-electron chi connectivity index (χ1n) is 6.95. The second kappa shape index (κ2) is 5.62. The molecule has 0 unspecified atom stereocenters. The van der Waals surface area contributed by atoms with Gasteiger partial charge in [-0.2, -0.15) is 0 Å². The smallest absolute Gasteiger partial charge is 0.335 e. The van der Waals surface area contributed by atoms with Gasteiger partial charge in [-0.1, -0.05) is 12.1 Å². The number of carbonyl (C=O) groups is 4. The Bertz CT molecular complexity index is 884. The van der Waals surface area contributed by atoms with Gasteiger partial charge in [0.05, 0.1) is 28.8 Å². The standard InChI is InChI=1S/C17H11NO6/c19-14(20)7-9-1-4-11(5-2-9)18-15(21)12-6-3-10(17(23)24)8-13(12)16(18)22/h1-6,8H,7H2,(H,19,20)(H,23,24). The lowest BCUT2D eigenvalue weighted by Gasteiger charge is -2.14. The van der Waals surface area contributed by atoms with Gasteiger partial charge in [0.2, 0.25) is 0 Å². The van der Waals surface area contributed by atoms with E-state index in [-0.39, 0.29) is 23.1 Å². The van der Waals surface area contributed by atoms with Gasteiger partial charge in [0, 0.05) is 0 Å². The predicted molar refractivity (Wildman–Crippen MR) is 82.3 cm³/mol. The number of aliphatic carboxylic acids is 1. The molecule has 0 fully saturated rings. The van der Waals surface area contributed by atoms with Gasteiger partial charge in [-0.15, -0.1) is 0 Å². The maximum Gasteiger partial charge on any atom is 0.335 e. The highest BCUT2D eigenvalue weighted by Crippen LogP contribution is 2.29. The number of imide groups is 1. The van der Waals surface area contributed by atoms with Crippen LogP contribution in [0, 0.1) is 0 Å². The molecule has 1 aliphatic heterocycles. The predicted octanol–water partition coefficient (Wildman–Crippen LogP) is 1.81. The lowest BCUT2D eigenvalue weighted by molar-refractivity contribution is -0.136. The Hall–Kier alpha value is -3.48. The number of nitrogens with zero attached hydrogens (tertiary/aromatic N) is 1. The van der Waals surface area contributed by atoms with Crippen LogP contribution in [0.2, 0.25) is 0 Å². The van der Waals surface area contributed by atoms with E-state index in [2.05, 4.69) is 0 Å². The van der Waals surface area contributed by atoms with E-state index in [0.717, 1.165) is 4.90 Å². The molecule has 2 aromatic carbocycles. The number of carboxylic acids is 2. The summed E-state index contributed by atoms with van der Waals surface area (Å²) >= 11 is 0. The van der Waals surface area contributed by atoms with E-state index in [1.54, 1.807) is 0 Å². The molecule has 0 saturated heterocycles. The quantitative estimate of drug-likeness (QED) is 0.829. The Morgan fingerprint density at radius 1 is 0.875 bits per heavy atom. The minimum absolute atomic E-state index is 0.0366. The number of aromatic carboxylic acids is 1. The average Bonchev–Trinajstić information content (AvgIpc) is 2.79. The molecule has 3 rings (SSSR count). The van der Waals surface area contributed by atoms with Crippen molar-refractivity contribution in [3.05, 3.63) is 64.7 Å². The van der Waals surface area contributed by atoms with Crippen molar-refractivity contribution in [2.45, 2.75) is 6.42 Å². The first-order chi connectivity index (χ1) is 11.4. The van der Waals surface area contributed by atoms with Crippen LogP contribution in [0.4, 0.5) is 5.69 Å². The highest BCUT2D eigenvalue weighted by Gasteiger charge is 2.37. The second-order valence-corrected chi connectivity index (χ2v) is 5.25. The monoisotopic (exact) mass is 325 g/mol. The van der Waals surface area contributed by atoms with Gasteiger partial charge < -0.3 is 10.2 Å². The van der Waals surface area contributed by atoms with E-state index in [1.165, 1.54) is 42.5 Å². The summed E-state index contributed by atoms with van der Waals surface area (Å²) < 4.78 is 0. The van der Waals surface area contributed by atoms with Gasteiger partial charge in [-0.3, -0.25) is 14.4 Å². The molecule has 2 N–H and O–H groups in total. The third-order valence-corrected chi connectivity index (χ3v) is 3.68. The molecular formula is C17H11NO6. The third-order valence-electron chi connectivity index (χ3n) is 3.68. The van der Waals surface area contributed by atoms with Gasteiger partial charge in [0.1, 0.15) is 0 Å². The minimum Gasteiger partial charge on any atom is -0.481 e. The summed E-state index contributed by atoms with van der Waals surface area (Å²) in [5.41, 5.74) is 0.936. The van der Waals surface area contributed by atoms with Crippen molar-refractivity contribution in [2.24, 2.45) is 0 Å². The van der Waals surface area contributed by atoms with Crippen LogP contribution < -0.4 is 4.90 Å². The van der Waals surface area contributed by atoms with Crippen LogP contribution in [0.25, 0.3) is 0 Å². The molecule has 0 saturated carbocycles. The molecule has 0 bridgehead atoms. The van der Waals surface area contributed by atoms with Crippen molar-refractivity contribution in [1.82, 2.24) is 0 Å². The van der Waals surface area contributed by atoms with Crippen molar-refractivity contribution in [3.63, 3.8) is 0 Å². The Balaban J connectivity index is 1.95. The molecule has 7 heteroatoms. The minimum atomic E-state index is -1.19. The zero-order valence-electron chi connectivity index (χ0n) is 12.2. The maximum absolute atomic E-state index is 12.5. The summed E-state index contributed by atoms with van der Waals surface area (Å²) in [6.45, 7) is 0. The van der Waals surface area contributed by atoms with Crippen LogP contribution in [0.5, 0.6) is 0 Å². The summed E-state index contributed by atoms with van der Waals surface area (Å²) in [5, 5.41) is 17.8. The van der Waals surface area contributed by atoms with E-state index in [4.69, 9.17) is 10.2 Å². The zero-order valence-corrected chi connectivity index (χ0v) is 12.2. The number of carboxylic acid groups (broad SMARTS) is 2. The summed E-state index contributed by atoms with van der Waals surface area (Å²) in [6.07, 6.45) is -0.162. The van der Waals surface area contributed by atoms with E-state index >= 15 is 0 Å². The van der Waals surface area contributed by atoms with Crippen molar-refractivity contribution < 1.29 is 29.4 Å². The molecule has 2 amide bonds. The number of amides is 2. The average molecular weight is 325 g/mol. The van der Waals surface area contributed by atoms with Gasteiger partial charge >= 0.3 is 11.9 Å². The van der Waals surface area contributed by atoms with E-state index in [9.17, 15) is 19.2 Å². The van der Waals surface area contributed by atoms with Gasteiger partial charge in [-0.25, -0.2) is 9.69 Å². The van der Waals surface area contributed by atoms with Gasteiger partial charge in [0.15, 0.2) is 0 Å². The van der Waals surface area contributed by atoms with Crippen molar-refractivity contribution in [3.8, 4) is 0 Å². The number of anilines is 1. The van der Waals surface area contributed by atoms with E-state index in [1.807, 2.05) is 0 Å². The number of benzene rings is 2. The molecule has 0 atom stereocenters. The first kappa shape index (κ1) is 15.4. The van der Waals surface area contributed by atoms with E-state index < -0.39 is 23.8 Å². The lowest BCUT2D eigenvalue weighted by atomic mass is 10.1. The molecular weight excluding hydrogens is 314 g/mol. The Morgan fingerprint density at radius 3 is 2.08 bits per heavy atom. The number of carbonyl (C=O) groups excluding carboxylic acids is 2. The molecule has 7 nitrogen and oxygen atoms in total. The fraction of sp³-hybridized carbons (Fsp3) is 0.0588. The Labute approximate surface area is 135 Å². The number of fused-ring (bicyclic) bond motifs is 1. The Morgan fingerprint density at radius 2 is 1.50 bits per heavy atom. The van der Waals surface area contributed by atoms with Crippen LogP contribution in [0.1, 0.15) is 36.6 Å². The molecule has 0 aliphatic carbocycles. The molecule has 120 valence electrons. The molecule has 0 aromatic heterocycles. The maximum atomic E-state index is 12.5. The van der Waals surface area contributed by atoms with Crippen molar-refractivity contribution >= 4 is 29.4 Å². The summed E-state index contributed by atoms with van der Waals surface area (Å²) in [4.78, 5) is 47.5. The van der Waals surface area contributed by atoms with Gasteiger partial charge in [-0.05, 0) is 35.9 Å². The van der Waals surface area contributed by atoms with Crippen LogP contribution in [-0.4, -0.2) is 34.0 Å². The molecule has 1 heterocycles. The fourth-order valence-corrected chi connectivity index (χ4v) is 2.55. The topological polar surface area (TPSA) is 112 Å². The van der Waals surface area contributed by atoms with Crippen LogP contribution in [-0.2, 0) is 11.2 Å². The highest BCUT2D eigenvalue weighted by atomic mass is 16.4. The molecule has 2 aromatic rings. The van der Waals surface area contributed by atoms with Crippen LogP contribution >= 0.6 is 0 Å². The SMILES string of the molecule is O=C(O)Cc1ccc(N2C(=O)c3ccc(C(=O)O)cc3C2=O)cc1. The summed E-state index contributed by atoms with van der Waals surface area (Å²) in [5.74, 6) is -3.32. The van der Waals surface area contributed by atoms with Crippen molar-refractivity contribution in [1.29, 1.82) is 0 Å².